The fraction of sp³-hybridized carbons (Fsp3) is 0.357. The Morgan fingerprint density at radius 2 is 1.40 bits per heavy atom. The van der Waals surface area contributed by atoms with Crippen molar-refractivity contribution in [1.29, 1.82) is 0 Å². The summed E-state index contributed by atoms with van der Waals surface area (Å²) in [5, 5.41) is 3.01. The highest BCUT2D eigenvalue weighted by Gasteiger charge is 2.57. The summed E-state index contributed by atoms with van der Waals surface area (Å²) in [5.41, 5.74) is 0.208. The number of anilines is 2. The predicted octanol–water partition coefficient (Wildman–Crippen LogP) is 6.72. The first-order valence-corrected chi connectivity index (χ1v) is 16.8. The number of nitrogens with one attached hydrogen (secondary N) is 1. The maximum absolute atomic E-state index is 14.8. The van der Waals surface area contributed by atoms with E-state index < -0.39 is 39.0 Å². The Bertz CT molecular complexity index is 1350. The summed E-state index contributed by atoms with van der Waals surface area (Å²) >= 11 is 0. The number of alkyl halides is 3. The van der Waals surface area contributed by atoms with Gasteiger partial charge in [-0.3, -0.25) is 0 Å². The SMILES string of the molecule is CN(CCCOc1ccc(-c2ccc(C(F)(F)F)cc2)cc1)c1cc(NC([P]2(O)OCCO2)[P]2(O)OCCO2)ccc1F. The van der Waals surface area contributed by atoms with Gasteiger partial charge in [0.05, 0.1) is 44.3 Å². The molecule has 2 heterocycles. The minimum Gasteiger partial charge on any atom is -0.494 e. The van der Waals surface area contributed by atoms with E-state index in [0.29, 0.717) is 36.6 Å². The monoisotopic (exact) mass is 646 g/mol. The van der Waals surface area contributed by atoms with Crippen molar-refractivity contribution in [3.63, 3.8) is 0 Å². The summed E-state index contributed by atoms with van der Waals surface area (Å²) < 4.78 is 80.9. The number of hydrogen-bond donors (Lipinski definition) is 3. The molecule has 2 saturated heterocycles. The van der Waals surface area contributed by atoms with Gasteiger partial charge in [0.2, 0.25) is 5.52 Å². The van der Waals surface area contributed by atoms with Crippen LogP contribution in [0.5, 0.6) is 5.75 Å². The van der Waals surface area contributed by atoms with Gasteiger partial charge in [0.15, 0.2) is 0 Å². The minimum atomic E-state index is -4.38. The molecule has 15 heteroatoms. The third-order valence-electron chi connectivity index (χ3n) is 6.85. The Morgan fingerprint density at radius 1 is 0.860 bits per heavy atom. The maximum Gasteiger partial charge on any atom is 0.416 e. The van der Waals surface area contributed by atoms with Crippen LogP contribution in [-0.4, -0.2) is 61.9 Å². The standard InChI is InChI=1S/C28H32F4N2O7P2/c1-34(13-2-14-37-24-10-5-21(6-11-24)20-3-7-22(8-4-20)28(30,31)32)26-19-23(9-12-25(26)29)33-27(42(35)38-15-16-39-42)43(36)40-17-18-41-43/h3-12,19,27,33,35-36H,2,13-18H2,1H3. The van der Waals surface area contributed by atoms with Gasteiger partial charge in [-0.15, -0.1) is 0 Å². The van der Waals surface area contributed by atoms with Crippen LogP contribution in [-0.2, 0) is 24.3 Å². The highest BCUT2D eigenvalue weighted by molar-refractivity contribution is 7.79. The molecule has 0 unspecified atom stereocenters. The molecule has 0 bridgehead atoms. The molecule has 9 nitrogen and oxygen atoms in total. The van der Waals surface area contributed by atoms with Gasteiger partial charge in [-0.2, -0.15) is 13.2 Å². The first kappa shape index (κ1) is 31.8. The van der Waals surface area contributed by atoms with Crippen molar-refractivity contribution >= 4 is 27.3 Å². The lowest BCUT2D eigenvalue weighted by molar-refractivity contribution is -0.137. The predicted molar refractivity (Wildman–Crippen MR) is 156 cm³/mol. The minimum absolute atomic E-state index is 0.158. The van der Waals surface area contributed by atoms with Crippen LogP contribution in [0.1, 0.15) is 12.0 Å². The van der Waals surface area contributed by atoms with Crippen LogP contribution < -0.4 is 15.0 Å². The molecule has 0 aromatic heterocycles. The molecule has 0 spiro atoms. The first-order chi connectivity index (χ1) is 20.5. The topological polar surface area (TPSA) is 102 Å². The van der Waals surface area contributed by atoms with Crippen molar-refractivity contribution in [1.82, 2.24) is 0 Å². The largest absolute Gasteiger partial charge is 0.494 e. The third kappa shape index (κ3) is 7.56. The van der Waals surface area contributed by atoms with E-state index >= 15 is 0 Å². The van der Waals surface area contributed by atoms with Crippen molar-refractivity contribution < 1.29 is 50.2 Å². The Kier molecular flexibility index (Phi) is 9.75. The van der Waals surface area contributed by atoms with E-state index in [1.165, 1.54) is 24.3 Å². The van der Waals surface area contributed by atoms with Gasteiger partial charge in [0.25, 0.3) is 15.9 Å². The zero-order valence-corrected chi connectivity index (χ0v) is 25.0. The molecule has 3 aromatic rings. The van der Waals surface area contributed by atoms with E-state index in [9.17, 15) is 27.3 Å². The summed E-state index contributed by atoms with van der Waals surface area (Å²) in [7, 11) is -5.41. The van der Waals surface area contributed by atoms with E-state index in [1.54, 1.807) is 42.3 Å². The number of ether oxygens (including phenoxy) is 1. The highest BCUT2D eigenvalue weighted by Crippen LogP contribution is 2.80. The van der Waals surface area contributed by atoms with Crippen LogP contribution >= 0.6 is 15.9 Å². The van der Waals surface area contributed by atoms with Crippen LogP contribution in [0.2, 0.25) is 0 Å². The van der Waals surface area contributed by atoms with Gasteiger partial charge >= 0.3 is 6.18 Å². The second-order valence-corrected chi connectivity index (χ2v) is 14.6. The van der Waals surface area contributed by atoms with Gasteiger partial charge in [-0.25, -0.2) is 4.39 Å². The van der Waals surface area contributed by atoms with E-state index in [-0.39, 0.29) is 32.1 Å². The molecule has 0 amide bonds. The molecule has 43 heavy (non-hydrogen) atoms. The maximum atomic E-state index is 14.8. The summed E-state index contributed by atoms with van der Waals surface area (Å²) in [5.74, 6) is 0.130. The van der Waals surface area contributed by atoms with E-state index in [0.717, 1.165) is 17.7 Å². The van der Waals surface area contributed by atoms with E-state index in [2.05, 4.69) is 5.32 Å². The number of benzene rings is 3. The zero-order valence-electron chi connectivity index (χ0n) is 23.2. The fourth-order valence-corrected chi connectivity index (χ4v) is 9.59. The van der Waals surface area contributed by atoms with Crippen LogP contribution in [0.25, 0.3) is 11.1 Å². The quantitative estimate of drug-likeness (QED) is 0.119. The highest BCUT2D eigenvalue weighted by atomic mass is 31.3. The molecule has 0 aliphatic carbocycles. The van der Waals surface area contributed by atoms with E-state index in [1.807, 2.05) is 0 Å². The van der Waals surface area contributed by atoms with Crippen molar-refractivity contribution in [2.24, 2.45) is 0 Å². The van der Waals surface area contributed by atoms with Gasteiger partial charge in [-0.05, 0) is 60.0 Å². The summed E-state index contributed by atoms with van der Waals surface area (Å²) in [6.07, 6.45) is -3.83. The lowest BCUT2D eigenvalue weighted by Crippen LogP contribution is -2.28. The lowest BCUT2D eigenvalue weighted by atomic mass is 10.0. The third-order valence-corrected chi connectivity index (χ3v) is 12.3. The summed E-state index contributed by atoms with van der Waals surface area (Å²) in [6.45, 7) is 1.41. The molecular formula is C28H32F4N2O7P2. The van der Waals surface area contributed by atoms with Crippen LogP contribution in [0, 0.1) is 5.82 Å². The molecule has 2 aliphatic heterocycles. The lowest BCUT2D eigenvalue weighted by Gasteiger charge is -2.39. The summed E-state index contributed by atoms with van der Waals surface area (Å²) in [4.78, 5) is 23.7. The van der Waals surface area contributed by atoms with Crippen molar-refractivity contribution in [2.75, 3.05) is 56.8 Å². The van der Waals surface area contributed by atoms with E-state index in [4.69, 9.17) is 22.8 Å². The van der Waals surface area contributed by atoms with Gasteiger partial charge in [0.1, 0.15) is 11.6 Å². The molecule has 3 N–H and O–H groups in total. The molecule has 2 fully saturated rings. The molecule has 2 aliphatic rings. The number of rotatable bonds is 11. The molecular weight excluding hydrogens is 614 g/mol. The van der Waals surface area contributed by atoms with Gasteiger partial charge < -0.3 is 42.8 Å². The van der Waals surface area contributed by atoms with Crippen molar-refractivity contribution in [3.05, 3.63) is 78.1 Å². The Morgan fingerprint density at radius 3 is 1.93 bits per heavy atom. The Hall–Kier alpha value is -2.60. The van der Waals surface area contributed by atoms with Crippen molar-refractivity contribution in [3.8, 4) is 16.9 Å². The Labute approximate surface area is 247 Å². The molecule has 3 aromatic carbocycles. The number of nitrogens with zero attached hydrogens (tertiary/aromatic N) is 1. The average Bonchev–Trinajstić information content (AvgIpc) is 3.64. The second-order valence-electron chi connectivity index (χ2n) is 9.87. The Balaban J connectivity index is 1.16. The molecule has 0 saturated carbocycles. The van der Waals surface area contributed by atoms with Gasteiger partial charge in [-0.1, -0.05) is 24.3 Å². The molecule has 5 rings (SSSR count). The number of halogens is 4. The van der Waals surface area contributed by atoms with Crippen LogP contribution in [0.15, 0.2) is 66.7 Å². The smallest absolute Gasteiger partial charge is 0.416 e. The second kappa shape index (κ2) is 13.2. The molecule has 2 radical (unpaired) electrons. The van der Waals surface area contributed by atoms with Gasteiger partial charge in [0, 0.05) is 19.3 Å². The van der Waals surface area contributed by atoms with Crippen LogP contribution in [0.3, 0.4) is 0 Å². The molecule has 0 atom stereocenters. The first-order valence-electron chi connectivity index (χ1n) is 13.5. The zero-order chi connectivity index (χ0) is 30.7. The average molecular weight is 647 g/mol. The van der Waals surface area contributed by atoms with Crippen LogP contribution in [0.4, 0.5) is 28.9 Å². The fourth-order valence-electron chi connectivity index (χ4n) is 4.63. The summed E-state index contributed by atoms with van der Waals surface area (Å²) in [6, 6.07) is 16.3. The molecule has 234 valence electrons. The number of hydrogen-bond acceptors (Lipinski definition) is 9. The van der Waals surface area contributed by atoms with Crippen molar-refractivity contribution in [2.45, 2.75) is 18.1 Å². The normalized spacial score (nSPS) is 17.8.